The van der Waals surface area contributed by atoms with E-state index < -0.39 is 0 Å². The molecule has 1 aliphatic carbocycles. The topological polar surface area (TPSA) is 41.6 Å². The lowest BCUT2D eigenvalue weighted by Gasteiger charge is -2.44. The molecule has 0 aromatic heterocycles. The molecule has 2 atom stereocenters. The molecule has 2 aromatic rings. The third-order valence-corrected chi connectivity index (χ3v) is 7.00. The van der Waals surface area contributed by atoms with Gasteiger partial charge in [-0.3, -0.25) is 4.90 Å². The molecule has 3 saturated heterocycles. The molecular weight excluding hydrogens is 384 g/mol. The van der Waals surface area contributed by atoms with Gasteiger partial charge in [0.15, 0.2) is 0 Å². The lowest BCUT2D eigenvalue weighted by Crippen LogP contribution is -2.52. The van der Waals surface area contributed by atoms with Crippen molar-refractivity contribution < 1.29 is 9.53 Å². The van der Waals surface area contributed by atoms with Gasteiger partial charge < -0.3 is 10.1 Å². The fourth-order valence-electron chi connectivity index (χ4n) is 5.17. The average Bonchev–Trinajstić information content (AvgIpc) is 2.74. The van der Waals surface area contributed by atoms with Crippen LogP contribution in [0.3, 0.4) is 0 Å². The molecule has 3 heterocycles. The fraction of sp³-hybridized carbons (Fsp3) is 0.458. The Morgan fingerprint density at radius 1 is 1.07 bits per heavy atom. The number of nitrogens with one attached hydrogen (secondary N) is 1. The zero-order valence-electron chi connectivity index (χ0n) is 16.6. The second-order valence-electron chi connectivity index (χ2n) is 8.59. The number of hydrogen-bond donors (Lipinski definition) is 1. The van der Waals surface area contributed by atoms with E-state index in [2.05, 4.69) is 34.5 Å². The smallest absolute Gasteiger partial charge is 0.407 e. The van der Waals surface area contributed by atoms with Crippen LogP contribution in [0.1, 0.15) is 42.9 Å². The second-order valence-corrected chi connectivity index (χ2v) is 9.03. The molecule has 0 radical (unpaired) electrons. The summed E-state index contributed by atoms with van der Waals surface area (Å²) in [6, 6.07) is 14.5. The number of carbonyl (C=O) groups is 1. The monoisotopic (exact) mass is 410 g/mol. The molecular formula is C24H27ClN2O2. The highest BCUT2D eigenvalue weighted by Crippen LogP contribution is 2.34. The minimum atomic E-state index is -0.263. The molecule has 3 fully saturated rings. The van der Waals surface area contributed by atoms with E-state index in [1.165, 1.54) is 16.7 Å². The first kappa shape index (κ1) is 19.0. The molecule has 0 spiro atoms. The molecule has 5 heteroatoms. The lowest BCUT2D eigenvalue weighted by molar-refractivity contribution is -0.0340. The Morgan fingerprint density at radius 2 is 1.90 bits per heavy atom. The third kappa shape index (κ3) is 4.01. The number of rotatable bonds is 3. The molecule has 1 N–H and O–H groups in total. The van der Waals surface area contributed by atoms with E-state index >= 15 is 0 Å². The molecule has 4 aliphatic rings. The minimum Gasteiger partial charge on any atom is -0.445 e. The summed E-state index contributed by atoms with van der Waals surface area (Å²) in [5, 5.41) is 3.90. The van der Waals surface area contributed by atoms with Crippen LogP contribution in [0, 0.1) is 5.92 Å². The predicted molar refractivity (Wildman–Crippen MR) is 115 cm³/mol. The minimum absolute atomic E-state index is 0.0285. The Morgan fingerprint density at radius 3 is 2.66 bits per heavy atom. The van der Waals surface area contributed by atoms with Crippen molar-refractivity contribution in [2.75, 3.05) is 19.6 Å². The van der Waals surface area contributed by atoms with Gasteiger partial charge in [-0.25, -0.2) is 4.79 Å². The predicted octanol–water partition coefficient (Wildman–Crippen LogP) is 5.20. The van der Waals surface area contributed by atoms with Crippen LogP contribution in [0.4, 0.5) is 4.79 Å². The molecule has 29 heavy (non-hydrogen) atoms. The fourth-order valence-corrected chi connectivity index (χ4v) is 5.36. The number of nitrogens with zero attached hydrogens (tertiary/aromatic N) is 1. The van der Waals surface area contributed by atoms with E-state index in [1.54, 1.807) is 0 Å². The van der Waals surface area contributed by atoms with Crippen molar-refractivity contribution in [3.05, 3.63) is 58.6 Å². The zero-order valence-corrected chi connectivity index (χ0v) is 17.3. The van der Waals surface area contributed by atoms with E-state index in [0.717, 1.165) is 62.3 Å². The van der Waals surface area contributed by atoms with Crippen LogP contribution in [0.15, 0.2) is 42.5 Å². The Hall–Kier alpha value is -2.04. The van der Waals surface area contributed by atoms with Gasteiger partial charge in [-0.2, -0.15) is 0 Å². The van der Waals surface area contributed by atoms with Crippen LogP contribution in [-0.2, 0) is 11.2 Å². The Balaban J connectivity index is 1.28. The summed E-state index contributed by atoms with van der Waals surface area (Å²) in [7, 11) is 0. The molecule has 2 aromatic carbocycles. The van der Waals surface area contributed by atoms with Crippen LogP contribution in [0.2, 0.25) is 5.02 Å². The highest BCUT2D eigenvalue weighted by molar-refractivity contribution is 6.30. The largest absolute Gasteiger partial charge is 0.445 e. The summed E-state index contributed by atoms with van der Waals surface area (Å²) in [6.07, 6.45) is 5.14. The van der Waals surface area contributed by atoms with E-state index in [4.69, 9.17) is 16.3 Å². The summed E-state index contributed by atoms with van der Waals surface area (Å²) in [5.41, 5.74) is 4.81. The van der Waals surface area contributed by atoms with Gasteiger partial charge >= 0.3 is 6.09 Å². The highest BCUT2D eigenvalue weighted by atomic mass is 35.5. The van der Waals surface area contributed by atoms with E-state index in [9.17, 15) is 4.79 Å². The van der Waals surface area contributed by atoms with Gasteiger partial charge in [-0.15, -0.1) is 0 Å². The number of piperidine rings is 3. The van der Waals surface area contributed by atoms with Crippen molar-refractivity contribution >= 4 is 17.7 Å². The number of ether oxygens (including phenoxy) is 1. The summed E-state index contributed by atoms with van der Waals surface area (Å²) >= 11 is 6.16. The molecule has 4 nitrogen and oxygen atoms in total. The van der Waals surface area contributed by atoms with Crippen molar-refractivity contribution in [1.82, 2.24) is 10.2 Å². The van der Waals surface area contributed by atoms with Crippen molar-refractivity contribution in [3.63, 3.8) is 0 Å². The summed E-state index contributed by atoms with van der Waals surface area (Å²) < 4.78 is 5.84. The average molecular weight is 411 g/mol. The van der Waals surface area contributed by atoms with Crippen LogP contribution < -0.4 is 5.32 Å². The second kappa shape index (κ2) is 8.00. The first-order valence-corrected chi connectivity index (χ1v) is 11.1. The van der Waals surface area contributed by atoms with Crippen LogP contribution in [0.5, 0.6) is 0 Å². The van der Waals surface area contributed by atoms with Gasteiger partial charge in [-0.05, 0) is 85.5 Å². The van der Waals surface area contributed by atoms with Crippen LogP contribution >= 0.6 is 11.6 Å². The molecule has 1 amide bonds. The Labute approximate surface area is 177 Å². The summed E-state index contributed by atoms with van der Waals surface area (Å²) in [4.78, 5) is 15.0. The van der Waals surface area contributed by atoms with Gasteiger partial charge in [0.1, 0.15) is 6.10 Å². The van der Waals surface area contributed by atoms with Crippen LogP contribution in [-0.4, -0.2) is 36.7 Å². The summed E-state index contributed by atoms with van der Waals surface area (Å²) in [5.74, 6) is 0.532. The van der Waals surface area contributed by atoms with Crippen molar-refractivity contribution in [2.45, 2.75) is 44.2 Å². The molecule has 6 rings (SSSR count). The quantitative estimate of drug-likeness (QED) is 0.755. The normalized spacial score (nSPS) is 27.9. The zero-order chi connectivity index (χ0) is 19.8. The summed E-state index contributed by atoms with van der Waals surface area (Å²) in [6.45, 7) is 3.19. The number of fused-ring (bicyclic) bond motifs is 4. The first-order valence-electron chi connectivity index (χ1n) is 10.7. The molecule has 2 bridgehead atoms. The van der Waals surface area contributed by atoms with Gasteiger partial charge in [0.25, 0.3) is 0 Å². The molecule has 3 aliphatic heterocycles. The van der Waals surface area contributed by atoms with Gasteiger partial charge in [-0.1, -0.05) is 41.9 Å². The first-order chi connectivity index (χ1) is 14.2. The number of amides is 1. The van der Waals surface area contributed by atoms with Gasteiger partial charge in [0.05, 0.1) is 6.04 Å². The maximum Gasteiger partial charge on any atom is 0.407 e. The number of hydrogen-bond acceptors (Lipinski definition) is 3. The Bertz CT molecular complexity index is 908. The Kier molecular flexibility index (Phi) is 5.23. The molecule has 1 unspecified atom stereocenters. The lowest BCUT2D eigenvalue weighted by atomic mass is 9.85. The van der Waals surface area contributed by atoms with Crippen molar-refractivity contribution in [2.24, 2.45) is 5.92 Å². The molecule has 152 valence electrons. The SMILES string of the molecule is O=C(NC1CCCc2cc(-c3cccc(Cl)c3)ccc21)O[C@@H]1CN2CCC1CC2. The number of aryl methyl sites for hydroxylation is 1. The number of benzene rings is 2. The van der Waals surface area contributed by atoms with Gasteiger partial charge in [0.2, 0.25) is 0 Å². The van der Waals surface area contributed by atoms with Gasteiger partial charge in [0, 0.05) is 11.6 Å². The number of carbonyl (C=O) groups excluding carboxylic acids is 1. The standard InChI is InChI=1S/C24H27ClN2O2/c25-20-5-1-3-17(14-20)18-7-8-21-19(13-18)4-2-6-22(21)26-24(28)29-23-15-27-11-9-16(23)10-12-27/h1,3,5,7-8,13-14,16,22-23H,2,4,6,9-12,15H2,(H,26,28)/t22?,23-/m1/s1. The van der Waals surface area contributed by atoms with Crippen molar-refractivity contribution in [3.8, 4) is 11.1 Å². The highest BCUT2D eigenvalue weighted by Gasteiger charge is 2.37. The maximum absolute atomic E-state index is 12.6. The number of halogens is 1. The van der Waals surface area contributed by atoms with Crippen molar-refractivity contribution in [1.29, 1.82) is 0 Å². The van der Waals surface area contributed by atoms with E-state index in [0.29, 0.717) is 5.92 Å². The number of alkyl carbamates (subject to hydrolysis) is 1. The molecule has 0 saturated carbocycles. The van der Waals surface area contributed by atoms with Crippen LogP contribution in [0.25, 0.3) is 11.1 Å². The third-order valence-electron chi connectivity index (χ3n) is 6.76. The van der Waals surface area contributed by atoms with E-state index in [-0.39, 0.29) is 18.2 Å². The van der Waals surface area contributed by atoms with E-state index in [1.807, 2.05) is 18.2 Å². The maximum atomic E-state index is 12.6.